The Kier molecular flexibility index (Phi) is 4.39. The van der Waals surface area contributed by atoms with Crippen LogP contribution in [0.15, 0.2) is 12.4 Å². The fraction of sp³-hybridized carbons (Fsp3) is 0.467. The van der Waals surface area contributed by atoms with Crippen molar-refractivity contribution in [1.29, 1.82) is 0 Å². The van der Waals surface area contributed by atoms with Crippen molar-refractivity contribution in [3.05, 3.63) is 40.5 Å². The Balaban J connectivity index is 2.03. The summed E-state index contributed by atoms with van der Waals surface area (Å²) in [6.07, 6.45) is 3.90. The zero-order chi connectivity index (χ0) is 14.7. The minimum absolute atomic E-state index is 0.719. The Morgan fingerprint density at radius 2 is 2.00 bits per heavy atom. The molecule has 0 radical (unpaired) electrons. The summed E-state index contributed by atoms with van der Waals surface area (Å²) in [6.45, 7) is 7.59. The Morgan fingerprint density at radius 3 is 2.60 bits per heavy atom. The summed E-state index contributed by atoms with van der Waals surface area (Å²) >= 11 is 0. The van der Waals surface area contributed by atoms with E-state index in [4.69, 9.17) is 4.74 Å². The highest BCUT2D eigenvalue weighted by Crippen LogP contribution is 2.23. The number of methoxy groups -OCH3 is 1. The summed E-state index contributed by atoms with van der Waals surface area (Å²) in [4.78, 5) is 4.48. The highest BCUT2D eigenvalue weighted by Gasteiger charge is 2.09. The summed E-state index contributed by atoms with van der Waals surface area (Å²) in [6, 6.07) is 0. The van der Waals surface area contributed by atoms with Gasteiger partial charge in [0.15, 0.2) is 0 Å². The lowest BCUT2D eigenvalue weighted by Crippen LogP contribution is -2.15. The number of pyridine rings is 1. The second-order valence-corrected chi connectivity index (χ2v) is 5.06. The molecule has 1 N–H and O–H groups in total. The van der Waals surface area contributed by atoms with Gasteiger partial charge in [0.25, 0.3) is 0 Å². The molecule has 5 nitrogen and oxygen atoms in total. The lowest BCUT2D eigenvalue weighted by Gasteiger charge is -2.12. The van der Waals surface area contributed by atoms with Crippen LogP contribution in [-0.2, 0) is 20.1 Å². The van der Waals surface area contributed by atoms with Crippen molar-refractivity contribution in [3.8, 4) is 5.75 Å². The van der Waals surface area contributed by atoms with Crippen molar-refractivity contribution in [2.75, 3.05) is 7.11 Å². The lowest BCUT2D eigenvalue weighted by atomic mass is 10.1. The monoisotopic (exact) mass is 274 g/mol. The van der Waals surface area contributed by atoms with E-state index in [2.05, 4.69) is 15.4 Å². The van der Waals surface area contributed by atoms with Crippen LogP contribution in [0.1, 0.15) is 28.1 Å². The number of aryl methyl sites for hydroxylation is 3. The molecule has 0 saturated carbocycles. The number of hydrogen-bond acceptors (Lipinski definition) is 4. The Morgan fingerprint density at radius 1 is 1.25 bits per heavy atom. The molecule has 0 fully saturated rings. The molecular weight excluding hydrogens is 252 g/mol. The molecule has 2 rings (SSSR count). The Hall–Kier alpha value is -1.88. The van der Waals surface area contributed by atoms with Crippen LogP contribution in [0.25, 0.3) is 0 Å². The third-order valence-electron chi connectivity index (χ3n) is 3.47. The van der Waals surface area contributed by atoms with Gasteiger partial charge in [0.1, 0.15) is 5.75 Å². The maximum atomic E-state index is 5.42. The SMILES string of the molecule is COc1c(C)cnc(CNCc2cn(C)nc2C)c1C. The molecule has 108 valence electrons. The first kappa shape index (κ1) is 14.5. The van der Waals surface area contributed by atoms with Crippen LogP contribution in [0.2, 0.25) is 0 Å². The number of nitrogens with zero attached hydrogens (tertiary/aromatic N) is 3. The third-order valence-corrected chi connectivity index (χ3v) is 3.47. The fourth-order valence-corrected chi connectivity index (χ4v) is 2.39. The molecule has 0 unspecified atom stereocenters. The fourth-order valence-electron chi connectivity index (χ4n) is 2.39. The van der Waals surface area contributed by atoms with Crippen LogP contribution in [-0.4, -0.2) is 21.9 Å². The maximum Gasteiger partial charge on any atom is 0.128 e. The first-order valence-corrected chi connectivity index (χ1v) is 6.71. The van der Waals surface area contributed by atoms with Crippen LogP contribution in [0.3, 0.4) is 0 Å². The Bertz CT molecular complexity index is 604. The van der Waals surface area contributed by atoms with Crippen LogP contribution in [0.4, 0.5) is 0 Å². The molecule has 0 saturated heterocycles. The van der Waals surface area contributed by atoms with Gasteiger partial charge in [0, 0.05) is 49.2 Å². The third kappa shape index (κ3) is 2.99. The number of ether oxygens (including phenoxy) is 1. The smallest absolute Gasteiger partial charge is 0.128 e. The molecule has 0 amide bonds. The van der Waals surface area contributed by atoms with Gasteiger partial charge >= 0.3 is 0 Å². The average molecular weight is 274 g/mol. The molecule has 20 heavy (non-hydrogen) atoms. The Labute approximate surface area is 120 Å². The van der Waals surface area contributed by atoms with Gasteiger partial charge in [-0.1, -0.05) is 0 Å². The quantitative estimate of drug-likeness (QED) is 0.906. The number of hydrogen-bond donors (Lipinski definition) is 1. The van der Waals surface area contributed by atoms with E-state index in [-0.39, 0.29) is 0 Å². The molecule has 2 aromatic rings. The largest absolute Gasteiger partial charge is 0.496 e. The van der Waals surface area contributed by atoms with Crippen molar-refractivity contribution >= 4 is 0 Å². The van der Waals surface area contributed by atoms with Crippen molar-refractivity contribution in [2.45, 2.75) is 33.9 Å². The van der Waals surface area contributed by atoms with E-state index >= 15 is 0 Å². The molecule has 0 aliphatic heterocycles. The summed E-state index contributed by atoms with van der Waals surface area (Å²) in [5, 5.41) is 7.75. The first-order chi connectivity index (χ1) is 9.52. The predicted octanol–water partition coefficient (Wildman–Crippen LogP) is 2.04. The first-order valence-electron chi connectivity index (χ1n) is 6.71. The van der Waals surface area contributed by atoms with Gasteiger partial charge in [-0.3, -0.25) is 9.67 Å². The summed E-state index contributed by atoms with van der Waals surface area (Å²) in [5.41, 5.74) is 5.46. The lowest BCUT2D eigenvalue weighted by molar-refractivity contribution is 0.406. The molecule has 0 spiro atoms. The van der Waals surface area contributed by atoms with Gasteiger partial charge in [0.05, 0.1) is 18.5 Å². The van der Waals surface area contributed by atoms with E-state index < -0.39 is 0 Å². The van der Waals surface area contributed by atoms with Crippen molar-refractivity contribution in [3.63, 3.8) is 0 Å². The van der Waals surface area contributed by atoms with Crippen LogP contribution in [0, 0.1) is 20.8 Å². The van der Waals surface area contributed by atoms with Crippen LogP contribution < -0.4 is 10.1 Å². The van der Waals surface area contributed by atoms with E-state index in [9.17, 15) is 0 Å². The van der Waals surface area contributed by atoms with E-state index in [1.165, 1.54) is 5.56 Å². The molecule has 2 aromatic heterocycles. The van der Waals surface area contributed by atoms with Crippen molar-refractivity contribution < 1.29 is 4.74 Å². The molecule has 2 heterocycles. The van der Waals surface area contributed by atoms with Gasteiger partial charge in [-0.25, -0.2) is 0 Å². The summed E-state index contributed by atoms with van der Waals surface area (Å²) < 4.78 is 7.26. The van der Waals surface area contributed by atoms with Gasteiger partial charge in [-0.2, -0.15) is 5.10 Å². The van der Waals surface area contributed by atoms with Gasteiger partial charge in [0.2, 0.25) is 0 Å². The summed E-state index contributed by atoms with van der Waals surface area (Å²) in [7, 11) is 3.64. The van der Waals surface area contributed by atoms with E-state index in [1.807, 2.05) is 44.9 Å². The summed E-state index contributed by atoms with van der Waals surface area (Å²) in [5.74, 6) is 0.925. The maximum absolute atomic E-state index is 5.42. The highest BCUT2D eigenvalue weighted by atomic mass is 16.5. The zero-order valence-electron chi connectivity index (χ0n) is 12.8. The molecule has 0 aliphatic rings. The number of nitrogens with one attached hydrogen (secondary N) is 1. The van der Waals surface area contributed by atoms with Gasteiger partial charge < -0.3 is 10.1 Å². The molecule has 0 aliphatic carbocycles. The van der Waals surface area contributed by atoms with Gasteiger partial charge in [-0.05, 0) is 20.8 Å². The number of aromatic nitrogens is 3. The zero-order valence-corrected chi connectivity index (χ0v) is 12.8. The molecule has 5 heteroatoms. The van der Waals surface area contributed by atoms with Gasteiger partial charge in [-0.15, -0.1) is 0 Å². The van der Waals surface area contributed by atoms with Crippen molar-refractivity contribution in [1.82, 2.24) is 20.1 Å². The predicted molar refractivity (Wildman–Crippen MR) is 78.8 cm³/mol. The standard InChI is InChI=1S/C15H22N4O/c1-10-6-17-14(11(2)15(10)20-5)8-16-7-13-9-19(4)18-12(13)3/h6,9,16H,7-8H2,1-5H3. The second kappa shape index (κ2) is 6.05. The van der Waals surface area contributed by atoms with Crippen molar-refractivity contribution in [2.24, 2.45) is 7.05 Å². The van der Waals surface area contributed by atoms with E-state index in [0.717, 1.165) is 41.4 Å². The number of rotatable bonds is 5. The molecule has 0 bridgehead atoms. The molecular formula is C15H22N4O. The molecule has 0 aromatic carbocycles. The van der Waals surface area contributed by atoms with Crippen LogP contribution in [0.5, 0.6) is 5.75 Å². The topological polar surface area (TPSA) is 52.0 Å². The second-order valence-electron chi connectivity index (χ2n) is 5.06. The average Bonchev–Trinajstić information content (AvgIpc) is 2.71. The minimum Gasteiger partial charge on any atom is -0.496 e. The van der Waals surface area contributed by atoms with E-state index in [1.54, 1.807) is 7.11 Å². The van der Waals surface area contributed by atoms with Crippen LogP contribution >= 0.6 is 0 Å². The minimum atomic E-state index is 0.719. The highest BCUT2D eigenvalue weighted by molar-refractivity contribution is 5.41. The normalized spacial score (nSPS) is 10.8. The van der Waals surface area contributed by atoms with E-state index in [0.29, 0.717) is 0 Å². The molecule has 0 atom stereocenters.